The lowest BCUT2D eigenvalue weighted by atomic mass is 9.87. The predicted octanol–water partition coefficient (Wildman–Crippen LogP) is 6.99. The zero-order valence-corrected chi connectivity index (χ0v) is 24.7. The number of carbonyl (C=O) groups is 1. The highest BCUT2D eigenvalue weighted by atomic mass is 19.1. The van der Waals surface area contributed by atoms with Crippen molar-refractivity contribution in [3.63, 3.8) is 0 Å². The number of halogens is 4. The molecule has 0 unspecified atom stereocenters. The SMILES string of the molecule is CC1(C)COC[C@H]1n1c(Cc2c(F)cc(-c3ccc(F)c(OCc4ccc(C#N)cc4F)n3)cc2F)nc2ccc(C(=O)O)cc21. The van der Waals surface area contributed by atoms with E-state index in [1.165, 1.54) is 30.3 Å². The zero-order chi connectivity index (χ0) is 32.7. The van der Waals surface area contributed by atoms with Gasteiger partial charge in [0.25, 0.3) is 5.88 Å². The lowest BCUT2D eigenvalue weighted by Gasteiger charge is -2.28. The van der Waals surface area contributed by atoms with Gasteiger partial charge in [-0.05, 0) is 54.6 Å². The maximum atomic E-state index is 15.6. The first-order chi connectivity index (χ1) is 21.9. The van der Waals surface area contributed by atoms with Gasteiger partial charge < -0.3 is 19.1 Å². The number of ether oxygens (including phenoxy) is 2. The Hall–Kier alpha value is -5.28. The molecule has 8 nitrogen and oxygen atoms in total. The highest BCUT2D eigenvalue weighted by molar-refractivity contribution is 5.92. The second kappa shape index (κ2) is 11.9. The molecule has 1 N–H and O–H groups in total. The Morgan fingerprint density at radius 3 is 2.43 bits per heavy atom. The summed E-state index contributed by atoms with van der Waals surface area (Å²) in [5, 5.41) is 18.5. The molecule has 3 aromatic carbocycles. The van der Waals surface area contributed by atoms with E-state index in [9.17, 15) is 18.7 Å². The van der Waals surface area contributed by atoms with Crippen LogP contribution in [0.5, 0.6) is 5.88 Å². The van der Waals surface area contributed by atoms with Crippen molar-refractivity contribution < 1.29 is 36.9 Å². The van der Waals surface area contributed by atoms with Gasteiger partial charge in [-0.2, -0.15) is 5.26 Å². The first-order valence-electron chi connectivity index (χ1n) is 14.2. The van der Waals surface area contributed by atoms with Crippen LogP contribution in [-0.2, 0) is 17.8 Å². The molecule has 46 heavy (non-hydrogen) atoms. The van der Waals surface area contributed by atoms with Crippen LogP contribution in [0.4, 0.5) is 17.6 Å². The van der Waals surface area contributed by atoms with Crippen LogP contribution in [0.3, 0.4) is 0 Å². The number of nitrogens with zero attached hydrogens (tertiary/aromatic N) is 4. The number of pyridine rings is 1. The molecule has 0 amide bonds. The van der Waals surface area contributed by atoms with Gasteiger partial charge in [-0.3, -0.25) is 0 Å². The summed E-state index contributed by atoms with van der Waals surface area (Å²) in [6.07, 6.45) is -0.247. The number of benzene rings is 3. The summed E-state index contributed by atoms with van der Waals surface area (Å²) >= 11 is 0. The van der Waals surface area contributed by atoms with Gasteiger partial charge in [0.2, 0.25) is 0 Å². The quantitative estimate of drug-likeness (QED) is 0.184. The maximum absolute atomic E-state index is 15.6. The lowest BCUT2D eigenvalue weighted by molar-refractivity contribution is 0.0697. The van der Waals surface area contributed by atoms with Crippen LogP contribution in [0.25, 0.3) is 22.3 Å². The van der Waals surface area contributed by atoms with E-state index >= 15 is 8.78 Å². The molecule has 0 radical (unpaired) electrons. The van der Waals surface area contributed by atoms with Crippen LogP contribution in [-0.4, -0.2) is 38.8 Å². The topological polar surface area (TPSA) is 110 Å². The first-order valence-corrected chi connectivity index (χ1v) is 14.2. The van der Waals surface area contributed by atoms with Crippen LogP contribution in [0.2, 0.25) is 0 Å². The van der Waals surface area contributed by atoms with Gasteiger partial charge in [-0.1, -0.05) is 19.9 Å². The molecule has 1 fully saturated rings. The molecule has 2 aromatic heterocycles. The van der Waals surface area contributed by atoms with Gasteiger partial charge in [0.1, 0.15) is 29.9 Å². The predicted molar refractivity (Wildman–Crippen MR) is 158 cm³/mol. The molecule has 0 spiro atoms. The Labute approximate surface area is 260 Å². The third-order valence-corrected chi connectivity index (χ3v) is 8.11. The summed E-state index contributed by atoms with van der Waals surface area (Å²) in [6, 6.07) is 14.2. The van der Waals surface area contributed by atoms with Gasteiger partial charge in [0.05, 0.1) is 53.2 Å². The number of aromatic nitrogens is 3. The second-order valence-corrected chi connectivity index (χ2v) is 11.7. The highest BCUT2D eigenvalue weighted by Crippen LogP contribution is 2.41. The number of carboxylic acid groups (broad SMARTS) is 1. The van der Waals surface area contributed by atoms with E-state index in [1.807, 2.05) is 24.5 Å². The molecular formula is C34H26F4N4O4. The van der Waals surface area contributed by atoms with Crippen LogP contribution in [0, 0.1) is 40.0 Å². The summed E-state index contributed by atoms with van der Waals surface area (Å²) in [7, 11) is 0. The van der Waals surface area contributed by atoms with Gasteiger partial charge in [0, 0.05) is 28.5 Å². The summed E-state index contributed by atoms with van der Waals surface area (Å²) in [6.45, 7) is 4.33. The smallest absolute Gasteiger partial charge is 0.335 e. The van der Waals surface area contributed by atoms with Crippen molar-refractivity contribution in [3.05, 3.63) is 112 Å². The van der Waals surface area contributed by atoms with Crippen molar-refractivity contribution in [2.75, 3.05) is 13.2 Å². The van der Waals surface area contributed by atoms with Crippen molar-refractivity contribution in [1.29, 1.82) is 5.26 Å². The minimum atomic E-state index is -1.12. The zero-order valence-electron chi connectivity index (χ0n) is 24.7. The minimum Gasteiger partial charge on any atom is -0.478 e. The van der Waals surface area contributed by atoms with Gasteiger partial charge in [-0.25, -0.2) is 32.3 Å². The summed E-state index contributed by atoms with van der Waals surface area (Å²) in [5.41, 5.74) is 0.593. The van der Waals surface area contributed by atoms with E-state index in [0.717, 1.165) is 24.3 Å². The van der Waals surface area contributed by atoms with Crippen molar-refractivity contribution in [3.8, 4) is 23.2 Å². The molecule has 6 rings (SSSR count). The lowest BCUT2D eigenvalue weighted by Crippen LogP contribution is -2.27. The monoisotopic (exact) mass is 630 g/mol. The average Bonchev–Trinajstić information content (AvgIpc) is 3.55. The Balaban J connectivity index is 1.32. The van der Waals surface area contributed by atoms with Crippen LogP contribution in [0.1, 0.15) is 52.8 Å². The van der Waals surface area contributed by atoms with E-state index in [2.05, 4.69) is 9.97 Å². The summed E-state index contributed by atoms with van der Waals surface area (Å²) in [5.74, 6) is -4.64. The molecule has 1 saturated heterocycles. The highest BCUT2D eigenvalue weighted by Gasteiger charge is 2.39. The van der Waals surface area contributed by atoms with Crippen LogP contribution >= 0.6 is 0 Å². The van der Waals surface area contributed by atoms with Crippen molar-refractivity contribution >= 4 is 17.0 Å². The van der Waals surface area contributed by atoms with E-state index in [4.69, 9.17) is 14.7 Å². The number of hydrogen-bond donors (Lipinski definition) is 1. The molecular weight excluding hydrogens is 604 g/mol. The van der Waals surface area contributed by atoms with E-state index in [1.54, 1.807) is 6.07 Å². The molecule has 0 saturated carbocycles. The maximum Gasteiger partial charge on any atom is 0.335 e. The van der Waals surface area contributed by atoms with Crippen molar-refractivity contribution in [2.45, 2.75) is 32.9 Å². The number of aromatic carboxylic acids is 1. The number of carboxylic acids is 1. The molecule has 3 heterocycles. The Kier molecular flexibility index (Phi) is 7.96. The molecule has 1 atom stereocenters. The molecule has 12 heteroatoms. The molecule has 0 aliphatic carbocycles. The number of rotatable bonds is 8. The Bertz CT molecular complexity index is 2030. The number of hydrogen-bond acceptors (Lipinski definition) is 6. The third-order valence-electron chi connectivity index (χ3n) is 8.11. The van der Waals surface area contributed by atoms with Crippen molar-refractivity contribution in [2.24, 2.45) is 5.41 Å². The van der Waals surface area contributed by atoms with E-state index < -0.39 is 41.7 Å². The fourth-order valence-corrected chi connectivity index (χ4v) is 5.57. The van der Waals surface area contributed by atoms with E-state index in [-0.39, 0.29) is 51.4 Å². The van der Waals surface area contributed by atoms with Crippen LogP contribution < -0.4 is 4.74 Å². The Morgan fingerprint density at radius 1 is 1.02 bits per heavy atom. The first kappa shape index (κ1) is 30.7. The van der Waals surface area contributed by atoms with Gasteiger partial charge in [-0.15, -0.1) is 0 Å². The molecule has 0 bridgehead atoms. The molecule has 1 aliphatic heterocycles. The number of imidazole rings is 1. The normalized spacial score (nSPS) is 15.6. The molecule has 1 aliphatic rings. The fourth-order valence-electron chi connectivity index (χ4n) is 5.57. The Morgan fingerprint density at radius 2 is 1.78 bits per heavy atom. The third kappa shape index (κ3) is 5.77. The fraction of sp³-hybridized carbons (Fsp3) is 0.235. The summed E-state index contributed by atoms with van der Waals surface area (Å²) in [4.78, 5) is 20.4. The van der Waals surface area contributed by atoms with Gasteiger partial charge in [0.15, 0.2) is 5.82 Å². The second-order valence-electron chi connectivity index (χ2n) is 11.7. The van der Waals surface area contributed by atoms with Crippen molar-refractivity contribution in [1.82, 2.24) is 14.5 Å². The summed E-state index contributed by atoms with van der Waals surface area (Å²) < 4.78 is 73.0. The standard InChI is InChI=1S/C34H26F4N4O4/c1-34(2)17-45-16-30(34)42-29-12-19(33(43)44)5-7-28(29)40-31(42)13-22-25(37)10-21(11-26(22)38)27-8-6-23(35)32(41-27)46-15-20-4-3-18(14-39)9-24(20)36/h3-12,30H,13,15-17H2,1-2H3,(H,43,44)/t30-/m1/s1. The average molecular weight is 631 g/mol. The van der Waals surface area contributed by atoms with Crippen LogP contribution in [0.15, 0.2) is 60.7 Å². The minimum absolute atomic E-state index is 0.0121. The number of fused-ring (bicyclic) bond motifs is 1. The van der Waals surface area contributed by atoms with Gasteiger partial charge >= 0.3 is 5.97 Å². The number of nitriles is 1. The van der Waals surface area contributed by atoms with E-state index in [0.29, 0.717) is 30.1 Å². The largest absolute Gasteiger partial charge is 0.478 e. The molecule has 234 valence electrons. The molecule has 5 aromatic rings.